The molecule has 2 rings (SSSR count). The summed E-state index contributed by atoms with van der Waals surface area (Å²) in [5, 5.41) is 13.2. The molecule has 0 bridgehead atoms. The standard InChI is InChI=1S/C16H22Cl2N2O4/c17-12-2-1-3-13(14(12)18)24-9-11(21)8-20-16(22)15(19)10-4-6-23-7-5-10/h1-3,10-11,15,21H,4-9,19H2,(H,20,22). The van der Waals surface area contributed by atoms with Gasteiger partial charge in [-0.15, -0.1) is 0 Å². The maximum atomic E-state index is 12.1. The highest BCUT2D eigenvalue weighted by Crippen LogP contribution is 2.31. The molecule has 0 radical (unpaired) electrons. The summed E-state index contributed by atoms with van der Waals surface area (Å²) < 4.78 is 10.7. The normalized spacial score (nSPS) is 18.0. The first-order chi connectivity index (χ1) is 11.5. The number of carbonyl (C=O) groups excluding carboxylic acids is 1. The molecule has 4 N–H and O–H groups in total. The Bertz CT molecular complexity index is 553. The highest BCUT2D eigenvalue weighted by molar-refractivity contribution is 6.42. The fraction of sp³-hybridized carbons (Fsp3) is 0.562. The van der Waals surface area contributed by atoms with Crippen molar-refractivity contribution in [2.75, 3.05) is 26.4 Å². The number of aliphatic hydroxyl groups is 1. The predicted octanol–water partition coefficient (Wildman–Crippen LogP) is 1.60. The van der Waals surface area contributed by atoms with E-state index in [0.29, 0.717) is 24.0 Å². The van der Waals surface area contributed by atoms with Crippen molar-refractivity contribution in [1.82, 2.24) is 5.32 Å². The van der Waals surface area contributed by atoms with Crippen LogP contribution in [0.15, 0.2) is 18.2 Å². The molecule has 1 aromatic carbocycles. The number of amides is 1. The largest absolute Gasteiger partial charge is 0.489 e. The van der Waals surface area contributed by atoms with Gasteiger partial charge in [-0.2, -0.15) is 0 Å². The summed E-state index contributed by atoms with van der Waals surface area (Å²) in [4.78, 5) is 12.1. The van der Waals surface area contributed by atoms with Gasteiger partial charge < -0.3 is 25.6 Å². The van der Waals surface area contributed by atoms with Gasteiger partial charge in [0.05, 0.1) is 11.1 Å². The van der Waals surface area contributed by atoms with Crippen molar-refractivity contribution in [3.63, 3.8) is 0 Å². The molecule has 1 aliphatic heterocycles. The Balaban J connectivity index is 1.73. The summed E-state index contributed by atoms with van der Waals surface area (Å²) >= 11 is 11.9. The van der Waals surface area contributed by atoms with E-state index in [1.54, 1.807) is 18.2 Å². The molecule has 1 aromatic rings. The van der Waals surface area contributed by atoms with E-state index in [9.17, 15) is 9.90 Å². The number of nitrogens with two attached hydrogens (primary N) is 1. The fourth-order valence-electron chi connectivity index (χ4n) is 2.47. The number of ether oxygens (including phenoxy) is 2. The van der Waals surface area contributed by atoms with E-state index in [1.165, 1.54) is 0 Å². The molecule has 0 aliphatic carbocycles. The highest BCUT2D eigenvalue weighted by atomic mass is 35.5. The van der Waals surface area contributed by atoms with E-state index in [4.69, 9.17) is 38.4 Å². The van der Waals surface area contributed by atoms with Crippen LogP contribution in [-0.2, 0) is 9.53 Å². The van der Waals surface area contributed by atoms with Crippen molar-refractivity contribution in [1.29, 1.82) is 0 Å². The molecule has 134 valence electrons. The minimum Gasteiger partial charge on any atom is -0.489 e. The number of carbonyl (C=O) groups is 1. The minimum atomic E-state index is -0.883. The van der Waals surface area contributed by atoms with Crippen molar-refractivity contribution in [2.24, 2.45) is 11.7 Å². The molecule has 8 heteroatoms. The lowest BCUT2D eigenvalue weighted by Crippen LogP contribution is -2.49. The van der Waals surface area contributed by atoms with Gasteiger partial charge in [-0.3, -0.25) is 4.79 Å². The van der Waals surface area contributed by atoms with Crippen LogP contribution in [0.1, 0.15) is 12.8 Å². The summed E-state index contributed by atoms with van der Waals surface area (Å²) in [5.74, 6) is 0.215. The van der Waals surface area contributed by atoms with E-state index in [0.717, 1.165) is 12.8 Å². The smallest absolute Gasteiger partial charge is 0.237 e. The van der Waals surface area contributed by atoms with Crippen LogP contribution in [0.4, 0.5) is 0 Å². The average Bonchev–Trinajstić information content (AvgIpc) is 2.61. The van der Waals surface area contributed by atoms with Gasteiger partial charge in [0, 0.05) is 19.8 Å². The third-order valence-electron chi connectivity index (χ3n) is 3.94. The Kier molecular flexibility index (Phi) is 7.58. The van der Waals surface area contributed by atoms with Crippen LogP contribution >= 0.6 is 23.2 Å². The van der Waals surface area contributed by atoms with Gasteiger partial charge in [-0.1, -0.05) is 29.3 Å². The molecule has 24 heavy (non-hydrogen) atoms. The first-order valence-corrected chi connectivity index (χ1v) is 8.60. The van der Waals surface area contributed by atoms with Crippen molar-refractivity contribution >= 4 is 29.1 Å². The summed E-state index contributed by atoms with van der Waals surface area (Å²) in [6, 6.07) is 4.40. The van der Waals surface area contributed by atoms with Crippen LogP contribution < -0.4 is 15.8 Å². The third-order valence-corrected chi connectivity index (χ3v) is 4.74. The summed E-state index contributed by atoms with van der Waals surface area (Å²) in [7, 11) is 0. The number of nitrogens with one attached hydrogen (secondary N) is 1. The van der Waals surface area contributed by atoms with Crippen LogP contribution in [-0.4, -0.2) is 49.5 Å². The minimum absolute atomic E-state index is 0.0210. The zero-order valence-electron chi connectivity index (χ0n) is 13.2. The molecule has 0 aromatic heterocycles. The molecule has 0 saturated carbocycles. The second-order valence-corrected chi connectivity index (χ2v) is 6.52. The van der Waals surface area contributed by atoms with Gasteiger partial charge in [0.25, 0.3) is 0 Å². The van der Waals surface area contributed by atoms with Crippen LogP contribution in [0.25, 0.3) is 0 Å². The van der Waals surface area contributed by atoms with Crippen LogP contribution in [0.2, 0.25) is 10.0 Å². The van der Waals surface area contributed by atoms with Crippen LogP contribution in [0.3, 0.4) is 0 Å². The van der Waals surface area contributed by atoms with E-state index < -0.39 is 12.1 Å². The van der Waals surface area contributed by atoms with Crippen LogP contribution in [0, 0.1) is 5.92 Å². The molecule has 0 spiro atoms. The van der Waals surface area contributed by atoms with Crippen molar-refractivity contribution in [3.8, 4) is 5.75 Å². The van der Waals surface area contributed by atoms with Crippen molar-refractivity contribution < 1.29 is 19.4 Å². The highest BCUT2D eigenvalue weighted by Gasteiger charge is 2.26. The third kappa shape index (κ3) is 5.50. The second-order valence-electron chi connectivity index (χ2n) is 5.74. The van der Waals surface area contributed by atoms with Crippen molar-refractivity contribution in [3.05, 3.63) is 28.2 Å². The van der Waals surface area contributed by atoms with E-state index >= 15 is 0 Å². The zero-order chi connectivity index (χ0) is 17.5. The SMILES string of the molecule is NC(C(=O)NCC(O)COc1cccc(Cl)c1Cl)C1CCOCC1. The fourth-order valence-corrected chi connectivity index (χ4v) is 2.81. The molecule has 1 amide bonds. The van der Waals surface area contributed by atoms with Crippen molar-refractivity contribution in [2.45, 2.75) is 25.0 Å². The lowest BCUT2D eigenvalue weighted by Gasteiger charge is -2.27. The molecule has 2 atom stereocenters. The summed E-state index contributed by atoms with van der Waals surface area (Å²) in [6.07, 6.45) is 0.659. The quantitative estimate of drug-likeness (QED) is 0.671. The Hall–Kier alpha value is -1.05. The Labute approximate surface area is 151 Å². The number of hydrogen-bond acceptors (Lipinski definition) is 5. The summed E-state index contributed by atoms with van der Waals surface area (Å²) in [6.45, 7) is 1.28. The molecule has 1 fully saturated rings. The molecule has 1 heterocycles. The monoisotopic (exact) mass is 376 g/mol. The van der Waals surface area contributed by atoms with Gasteiger partial charge in [0.1, 0.15) is 23.5 Å². The Morgan fingerprint density at radius 1 is 1.42 bits per heavy atom. The van der Waals surface area contributed by atoms with Gasteiger partial charge in [0.15, 0.2) is 0 Å². The number of aliphatic hydroxyl groups excluding tert-OH is 1. The number of hydrogen-bond donors (Lipinski definition) is 3. The topological polar surface area (TPSA) is 93.8 Å². The van der Waals surface area contributed by atoms with E-state index in [2.05, 4.69) is 5.32 Å². The maximum absolute atomic E-state index is 12.1. The lowest BCUT2D eigenvalue weighted by atomic mass is 9.92. The van der Waals surface area contributed by atoms with Gasteiger partial charge in [-0.25, -0.2) is 0 Å². The molecular formula is C16H22Cl2N2O4. The molecular weight excluding hydrogens is 355 g/mol. The van der Waals surface area contributed by atoms with Gasteiger partial charge in [-0.05, 0) is 30.9 Å². The number of rotatable bonds is 7. The van der Waals surface area contributed by atoms with Crippen LogP contribution in [0.5, 0.6) is 5.75 Å². The molecule has 6 nitrogen and oxygen atoms in total. The summed E-state index contributed by atoms with van der Waals surface area (Å²) in [5.41, 5.74) is 5.97. The Morgan fingerprint density at radius 2 is 2.12 bits per heavy atom. The first kappa shape index (κ1) is 19.3. The first-order valence-electron chi connectivity index (χ1n) is 7.85. The number of halogens is 2. The molecule has 2 unspecified atom stereocenters. The Morgan fingerprint density at radius 3 is 2.83 bits per heavy atom. The average molecular weight is 377 g/mol. The second kappa shape index (κ2) is 9.44. The number of benzene rings is 1. The lowest BCUT2D eigenvalue weighted by molar-refractivity contribution is -0.124. The predicted molar refractivity (Wildman–Crippen MR) is 92.5 cm³/mol. The zero-order valence-corrected chi connectivity index (χ0v) is 14.7. The van der Waals surface area contributed by atoms with E-state index in [1.807, 2.05) is 0 Å². The molecule has 1 aliphatic rings. The van der Waals surface area contributed by atoms with Gasteiger partial charge in [0.2, 0.25) is 5.91 Å². The molecule has 1 saturated heterocycles. The van der Waals surface area contributed by atoms with E-state index in [-0.39, 0.29) is 30.0 Å². The van der Waals surface area contributed by atoms with Gasteiger partial charge >= 0.3 is 0 Å². The maximum Gasteiger partial charge on any atom is 0.237 e.